The first-order chi connectivity index (χ1) is 28.4. The van der Waals surface area contributed by atoms with Gasteiger partial charge in [-0.3, -0.25) is 33.6 Å². The van der Waals surface area contributed by atoms with E-state index in [1.54, 1.807) is 30.3 Å². The van der Waals surface area contributed by atoms with E-state index in [-0.39, 0.29) is 32.5 Å². The highest BCUT2D eigenvalue weighted by atomic mass is 16.7. The number of carbonyl (C=O) groups excluding carboxylic acids is 8. The highest BCUT2D eigenvalue weighted by Crippen LogP contribution is 2.30. The molecule has 21 heteroatoms. The number of amides is 5. The van der Waals surface area contributed by atoms with Crippen molar-refractivity contribution in [1.29, 1.82) is 0 Å². The average Bonchev–Trinajstić information content (AvgIpc) is 3.88. The van der Waals surface area contributed by atoms with Crippen LogP contribution in [-0.2, 0) is 73.4 Å². The average molecular weight is 848 g/mol. The van der Waals surface area contributed by atoms with Crippen molar-refractivity contribution < 1.29 is 76.7 Å². The van der Waals surface area contributed by atoms with Gasteiger partial charge in [-0.15, -0.1) is 0 Å². The summed E-state index contributed by atoms with van der Waals surface area (Å²) in [7, 11) is 0. The smallest absolute Gasteiger partial charge is 0.408 e. The molecule has 3 heterocycles. The molecular weight excluding hydrogens is 794 g/mol. The van der Waals surface area contributed by atoms with E-state index >= 15 is 0 Å². The molecule has 4 rings (SSSR count). The number of nitrogens with one attached hydrogen (secondary N) is 3. The minimum Gasteiger partial charge on any atom is -0.480 e. The molecule has 3 aliphatic rings. The van der Waals surface area contributed by atoms with Crippen LogP contribution in [0, 0.1) is 0 Å². The molecule has 21 nitrogen and oxygen atoms in total. The van der Waals surface area contributed by atoms with Gasteiger partial charge in [0.1, 0.15) is 49.5 Å². The second-order valence-corrected chi connectivity index (χ2v) is 14.7. The molecule has 0 spiro atoms. The van der Waals surface area contributed by atoms with E-state index < -0.39 is 121 Å². The summed E-state index contributed by atoms with van der Waals surface area (Å²) in [5.41, 5.74) is 0.687. The molecule has 330 valence electrons. The number of ether oxygens (including phenoxy) is 6. The summed E-state index contributed by atoms with van der Waals surface area (Å²) in [4.78, 5) is 118. The fourth-order valence-electron chi connectivity index (χ4n) is 7.31. The van der Waals surface area contributed by atoms with Crippen LogP contribution >= 0.6 is 0 Å². The van der Waals surface area contributed by atoms with E-state index in [2.05, 4.69) is 16.0 Å². The number of alkyl carbamates (subject to hydrolysis) is 1. The van der Waals surface area contributed by atoms with Crippen molar-refractivity contribution in [3.8, 4) is 0 Å². The summed E-state index contributed by atoms with van der Waals surface area (Å²) in [6.45, 7) is 6.69. The van der Waals surface area contributed by atoms with Crippen LogP contribution in [0.25, 0.3) is 0 Å². The SMILES string of the molecule is CC(=O)N[C@H]1[C@@H](O[C@H](C)[C@H](NC(=O)[C@H](C)NC(=O)OCc2ccccc2)C(=O)N2CCC[C@H]2C(=O)N2CCC[C@H]2C(=O)O)O[C@H](COC(C)=O)[C@H](OC(C)=O)[C@@H]1OC(C)=O. The lowest BCUT2D eigenvalue weighted by molar-refractivity contribution is -0.287. The molecule has 10 atom stereocenters. The fraction of sp³-hybridized carbons (Fsp3) is 0.615. The number of hydrogen-bond acceptors (Lipinski definition) is 15. The van der Waals surface area contributed by atoms with Gasteiger partial charge < -0.3 is 59.3 Å². The Morgan fingerprint density at radius 3 is 2.02 bits per heavy atom. The number of hydrogen-bond donors (Lipinski definition) is 4. The van der Waals surface area contributed by atoms with E-state index in [9.17, 15) is 48.3 Å². The first kappa shape index (κ1) is 46.9. The molecular formula is C39H53N5O16. The van der Waals surface area contributed by atoms with E-state index in [0.29, 0.717) is 18.4 Å². The lowest BCUT2D eigenvalue weighted by atomic mass is 9.95. The number of carbonyl (C=O) groups is 9. The van der Waals surface area contributed by atoms with Gasteiger partial charge in [-0.05, 0) is 45.1 Å². The number of likely N-dealkylation sites (tertiary alicyclic amines) is 2. The van der Waals surface area contributed by atoms with Gasteiger partial charge >= 0.3 is 30.0 Å². The highest BCUT2D eigenvalue weighted by molar-refractivity contribution is 5.95. The Labute approximate surface area is 346 Å². The lowest BCUT2D eigenvalue weighted by Gasteiger charge is -2.46. The monoisotopic (exact) mass is 847 g/mol. The van der Waals surface area contributed by atoms with Gasteiger partial charge in [0.05, 0.1) is 6.10 Å². The van der Waals surface area contributed by atoms with Crippen molar-refractivity contribution in [1.82, 2.24) is 25.8 Å². The zero-order valence-corrected chi connectivity index (χ0v) is 34.3. The van der Waals surface area contributed by atoms with Crippen molar-refractivity contribution >= 4 is 53.6 Å². The minimum atomic E-state index is -1.65. The maximum absolute atomic E-state index is 14.6. The van der Waals surface area contributed by atoms with Gasteiger partial charge in [0, 0.05) is 40.8 Å². The third-order valence-corrected chi connectivity index (χ3v) is 10.0. The van der Waals surface area contributed by atoms with Crippen LogP contribution < -0.4 is 16.0 Å². The Hall–Kier alpha value is -5.83. The van der Waals surface area contributed by atoms with Crippen LogP contribution in [0.5, 0.6) is 0 Å². The second kappa shape index (κ2) is 21.4. The maximum Gasteiger partial charge on any atom is 0.408 e. The Morgan fingerprint density at radius 1 is 0.800 bits per heavy atom. The van der Waals surface area contributed by atoms with Gasteiger partial charge in [-0.1, -0.05) is 30.3 Å². The molecule has 3 aliphatic heterocycles. The predicted molar refractivity (Wildman–Crippen MR) is 203 cm³/mol. The summed E-state index contributed by atoms with van der Waals surface area (Å²) in [5.74, 6) is -6.53. The molecule has 0 aromatic heterocycles. The largest absolute Gasteiger partial charge is 0.480 e. The van der Waals surface area contributed by atoms with Gasteiger partial charge in [0.25, 0.3) is 0 Å². The Balaban J connectivity index is 1.66. The molecule has 3 saturated heterocycles. The minimum absolute atomic E-state index is 0.0526. The van der Waals surface area contributed by atoms with Crippen LogP contribution in [-0.4, -0.2) is 149 Å². The molecule has 0 unspecified atom stereocenters. The highest BCUT2D eigenvalue weighted by Gasteiger charge is 2.53. The normalized spacial score (nSPS) is 25.1. The van der Waals surface area contributed by atoms with Crippen LogP contribution in [0.15, 0.2) is 30.3 Å². The Kier molecular flexibility index (Phi) is 16.7. The number of esters is 3. The predicted octanol–water partition coefficient (Wildman–Crippen LogP) is -0.0861. The van der Waals surface area contributed by atoms with Crippen molar-refractivity contribution in [2.45, 2.75) is 135 Å². The molecule has 0 aliphatic carbocycles. The number of carboxylic acid groups (broad SMARTS) is 1. The molecule has 0 saturated carbocycles. The van der Waals surface area contributed by atoms with Crippen LogP contribution in [0.3, 0.4) is 0 Å². The summed E-state index contributed by atoms with van der Waals surface area (Å²) in [5, 5.41) is 17.3. The van der Waals surface area contributed by atoms with Gasteiger partial charge in [0.15, 0.2) is 18.5 Å². The van der Waals surface area contributed by atoms with E-state index in [0.717, 1.165) is 27.7 Å². The van der Waals surface area contributed by atoms with Crippen LogP contribution in [0.2, 0.25) is 0 Å². The molecule has 0 radical (unpaired) electrons. The number of rotatable bonds is 16. The number of nitrogens with zero attached hydrogens (tertiary/aromatic N) is 2. The lowest BCUT2D eigenvalue weighted by Crippen LogP contribution is -2.68. The van der Waals surface area contributed by atoms with Crippen LogP contribution in [0.1, 0.15) is 72.8 Å². The molecule has 0 bridgehead atoms. The summed E-state index contributed by atoms with van der Waals surface area (Å²) >= 11 is 0. The van der Waals surface area contributed by atoms with Crippen molar-refractivity contribution in [2.24, 2.45) is 0 Å². The maximum atomic E-state index is 14.6. The quantitative estimate of drug-likeness (QED) is 0.125. The first-order valence-electron chi connectivity index (χ1n) is 19.5. The number of aliphatic carboxylic acids is 1. The van der Waals surface area contributed by atoms with Gasteiger partial charge in [-0.2, -0.15) is 0 Å². The third-order valence-electron chi connectivity index (χ3n) is 10.0. The topological polar surface area (TPSA) is 272 Å². The number of benzene rings is 1. The molecule has 5 amide bonds. The standard InChI is InChI=1S/C39H53N5O16/c1-20(40-39(54)56-18-26-12-8-7-9-13-26)34(49)42-30(36(51)43-16-10-14-27(43)35(50)44-17-11-15-28(44)37(52)53)21(2)57-38-31(41-22(3)45)33(59-25(6)48)32(58-24(5)47)29(60-38)19-55-23(4)46/h7-9,12-13,20-21,27-33,38H,10-11,14-19H2,1-6H3,(H,40,54)(H,41,45)(H,42,49)(H,52,53)/t20-,21+,27-,28-,29+,30-,31+,32-,33+,38-/m0/s1. The molecule has 60 heavy (non-hydrogen) atoms. The fourth-order valence-corrected chi connectivity index (χ4v) is 7.31. The summed E-state index contributed by atoms with van der Waals surface area (Å²) in [6.07, 6.45) is -7.04. The summed E-state index contributed by atoms with van der Waals surface area (Å²) < 4.78 is 33.8. The first-order valence-corrected chi connectivity index (χ1v) is 19.5. The van der Waals surface area contributed by atoms with Gasteiger partial charge in [0.2, 0.25) is 23.6 Å². The van der Waals surface area contributed by atoms with E-state index in [1.807, 2.05) is 0 Å². The number of carboxylic acids is 1. The van der Waals surface area contributed by atoms with E-state index in [1.165, 1.54) is 23.6 Å². The molecule has 1 aromatic carbocycles. The molecule has 4 N–H and O–H groups in total. The van der Waals surface area contributed by atoms with Crippen molar-refractivity contribution in [2.75, 3.05) is 19.7 Å². The third kappa shape index (κ3) is 12.6. The Morgan fingerprint density at radius 2 is 1.42 bits per heavy atom. The van der Waals surface area contributed by atoms with Crippen molar-refractivity contribution in [3.63, 3.8) is 0 Å². The van der Waals surface area contributed by atoms with Crippen molar-refractivity contribution in [3.05, 3.63) is 35.9 Å². The zero-order valence-electron chi connectivity index (χ0n) is 34.3. The molecule has 3 fully saturated rings. The zero-order chi connectivity index (χ0) is 44.3. The van der Waals surface area contributed by atoms with Crippen LogP contribution in [0.4, 0.5) is 4.79 Å². The van der Waals surface area contributed by atoms with Gasteiger partial charge in [-0.25, -0.2) is 9.59 Å². The molecule has 1 aromatic rings. The second-order valence-electron chi connectivity index (χ2n) is 14.7. The van der Waals surface area contributed by atoms with E-state index in [4.69, 9.17) is 28.4 Å². The Bertz CT molecular complexity index is 1760. The summed E-state index contributed by atoms with van der Waals surface area (Å²) in [6, 6.07) is 2.25.